The number of carbonyl (C=O) groups excluding carboxylic acids is 2. The lowest BCUT2D eigenvalue weighted by Gasteiger charge is -2.53. The number of ether oxygens (including phenoxy) is 2. The third-order valence-corrected chi connectivity index (χ3v) is 11.5. The number of nitriles is 1. The van der Waals surface area contributed by atoms with Gasteiger partial charge in [-0.1, -0.05) is 46.1 Å². The highest BCUT2D eigenvalue weighted by Gasteiger charge is 2.49. The summed E-state index contributed by atoms with van der Waals surface area (Å²) in [5.41, 5.74) is 10.9. The van der Waals surface area contributed by atoms with E-state index in [2.05, 4.69) is 44.0 Å². The molecule has 0 unspecified atom stereocenters. The van der Waals surface area contributed by atoms with Crippen molar-refractivity contribution in [2.75, 3.05) is 43.9 Å². The molecule has 0 radical (unpaired) electrons. The molecule has 15 heteroatoms. The fourth-order valence-corrected chi connectivity index (χ4v) is 8.06. The van der Waals surface area contributed by atoms with Gasteiger partial charge in [-0.05, 0) is 93.6 Å². The molecule has 60 heavy (non-hydrogen) atoms. The van der Waals surface area contributed by atoms with E-state index in [0.717, 1.165) is 80.3 Å². The zero-order valence-electron chi connectivity index (χ0n) is 35.5. The predicted octanol–water partition coefficient (Wildman–Crippen LogP) is 8.27. The van der Waals surface area contributed by atoms with Gasteiger partial charge in [0.2, 0.25) is 11.8 Å². The number of hydrogen-bond acceptors (Lipinski definition) is 11. The minimum atomic E-state index is -0.506. The quantitative estimate of drug-likeness (QED) is 0.116. The molecule has 4 fully saturated rings. The number of nitrogen functional groups attached to an aromatic ring is 1. The summed E-state index contributed by atoms with van der Waals surface area (Å²) in [5.74, 6) is 1.68. The van der Waals surface area contributed by atoms with Crippen molar-refractivity contribution in [3.63, 3.8) is 0 Å². The Morgan fingerprint density at radius 1 is 1.08 bits per heavy atom. The number of anilines is 2. The molecule has 0 bridgehead atoms. The number of urea groups is 1. The van der Waals surface area contributed by atoms with E-state index in [-0.39, 0.29) is 39.6 Å². The summed E-state index contributed by atoms with van der Waals surface area (Å²) in [5, 5.41) is 23.0. The van der Waals surface area contributed by atoms with Gasteiger partial charge in [0.15, 0.2) is 5.82 Å². The monoisotopic (exact) mass is 824 g/mol. The van der Waals surface area contributed by atoms with Crippen molar-refractivity contribution in [1.82, 2.24) is 35.7 Å². The smallest absolute Gasteiger partial charge is 0.329 e. The van der Waals surface area contributed by atoms with Gasteiger partial charge in [-0.25, -0.2) is 19.2 Å². The van der Waals surface area contributed by atoms with Crippen LogP contribution in [0.3, 0.4) is 0 Å². The molecule has 4 heterocycles. The van der Waals surface area contributed by atoms with Gasteiger partial charge in [0, 0.05) is 52.8 Å². The van der Waals surface area contributed by atoms with Crippen molar-refractivity contribution < 1.29 is 26.3 Å². The lowest BCUT2D eigenvalue weighted by molar-refractivity contribution is -0.120. The third-order valence-electron chi connectivity index (χ3n) is 11.5. The second-order valence-electron chi connectivity index (χ2n) is 15.6. The van der Waals surface area contributed by atoms with Crippen molar-refractivity contribution >= 4 is 45.4 Å². The van der Waals surface area contributed by atoms with Crippen molar-refractivity contribution in [1.29, 1.82) is 5.26 Å². The summed E-state index contributed by atoms with van der Waals surface area (Å²) in [7, 11) is 3.72. The first-order chi connectivity index (χ1) is 29.0. The molecule has 14 nitrogen and oxygen atoms in total. The second kappa shape index (κ2) is 19.5. The number of rotatable bonds is 7. The van der Waals surface area contributed by atoms with Crippen LogP contribution in [-0.2, 0) is 11.8 Å². The molecule has 3 amide bonds. The van der Waals surface area contributed by atoms with Gasteiger partial charge in [-0.2, -0.15) is 10.4 Å². The molecular formula is C45H61FN10O4. The van der Waals surface area contributed by atoms with Crippen molar-refractivity contribution in [3.8, 4) is 23.4 Å². The molecule has 2 saturated heterocycles. The molecule has 2 aliphatic heterocycles. The Bertz CT molecular complexity index is 2370. The van der Waals surface area contributed by atoms with E-state index in [1.807, 2.05) is 46.0 Å². The number of aromatic nitrogens is 4. The molecule has 2 saturated carbocycles. The highest BCUT2D eigenvalue weighted by molar-refractivity contribution is 6.08. The molecule has 9 rings (SSSR count). The molecule has 2 aliphatic carbocycles. The molecule has 5 aromatic rings. The first kappa shape index (κ1) is 43.7. The number of hydrogen-bond donors (Lipinski definition) is 4. The Labute approximate surface area is 354 Å². The fourth-order valence-electron chi connectivity index (χ4n) is 8.06. The topological polar surface area (TPSA) is 185 Å². The largest absolute Gasteiger partial charge is 0.473 e. The Hall–Kier alpha value is -5.85. The number of nitrogens with one attached hydrogen (secondary N) is 3. The molecule has 2 aromatic heterocycles. The number of amides is 3. The number of nitrogens with zero attached hydrogens (tertiary/aromatic N) is 6. The number of aryl methyl sites for hydroxylation is 2. The average Bonchev–Trinajstić information content (AvgIpc) is 3.54. The van der Waals surface area contributed by atoms with Crippen LogP contribution >= 0.6 is 0 Å². The minimum Gasteiger partial charge on any atom is -0.473 e. The SMILES string of the molecule is CC.CCNC.Cc1ccc(N)c(C#N)c1Oc1ccc2ncc(OC3CC4(CNC4)C3)nc2c1.Cn1nc(N2CCC(=O)NC2=O)c2cc(F)c(C3CCCCC3)cc21.[HH].[HH]. The maximum atomic E-state index is 14.8. The lowest BCUT2D eigenvalue weighted by Crippen LogP contribution is -2.62. The molecule has 0 atom stereocenters. The number of nitrogens with two attached hydrogens (primary N) is 1. The van der Waals surface area contributed by atoms with E-state index >= 15 is 0 Å². The summed E-state index contributed by atoms with van der Waals surface area (Å²) in [6.45, 7) is 11.4. The van der Waals surface area contributed by atoms with Crippen molar-refractivity contribution in [3.05, 3.63) is 71.2 Å². The average molecular weight is 825 g/mol. The highest BCUT2D eigenvalue weighted by Crippen LogP contribution is 2.46. The molecule has 3 aromatic carbocycles. The third kappa shape index (κ3) is 9.61. The first-order valence-corrected chi connectivity index (χ1v) is 21.0. The maximum absolute atomic E-state index is 14.8. The Kier molecular flexibility index (Phi) is 14.2. The zero-order chi connectivity index (χ0) is 43.0. The Balaban J connectivity index is 0.000000237. The van der Waals surface area contributed by atoms with Crippen LogP contribution in [0, 0.1) is 29.5 Å². The van der Waals surface area contributed by atoms with Gasteiger partial charge in [0.25, 0.3) is 0 Å². The van der Waals surface area contributed by atoms with Crippen LogP contribution in [0.15, 0.2) is 48.7 Å². The molecule has 4 aliphatic rings. The van der Waals surface area contributed by atoms with E-state index in [1.54, 1.807) is 36.1 Å². The van der Waals surface area contributed by atoms with Crippen LogP contribution in [0.1, 0.15) is 97.6 Å². The van der Waals surface area contributed by atoms with Crippen LogP contribution in [0.4, 0.5) is 20.7 Å². The fraction of sp³-hybridized carbons (Fsp3) is 0.467. The van der Waals surface area contributed by atoms with E-state index in [1.165, 1.54) is 17.4 Å². The first-order valence-electron chi connectivity index (χ1n) is 21.0. The van der Waals surface area contributed by atoms with Crippen molar-refractivity contribution in [2.45, 2.75) is 91.1 Å². The number of benzene rings is 3. The van der Waals surface area contributed by atoms with Gasteiger partial charge in [0.05, 0.1) is 28.4 Å². The van der Waals surface area contributed by atoms with Gasteiger partial charge in [-0.15, -0.1) is 0 Å². The molecular weight excluding hydrogens is 764 g/mol. The normalized spacial score (nSPS) is 17.1. The van der Waals surface area contributed by atoms with Crippen LogP contribution in [0.2, 0.25) is 0 Å². The highest BCUT2D eigenvalue weighted by atomic mass is 19.1. The van der Waals surface area contributed by atoms with E-state index < -0.39 is 6.03 Å². The van der Waals surface area contributed by atoms with Crippen LogP contribution < -0.4 is 36.1 Å². The Morgan fingerprint density at radius 3 is 2.47 bits per heavy atom. The molecule has 322 valence electrons. The van der Waals surface area contributed by atoms with Crippen molar-refractivity contribution in [2.24, 2.45) is 12.5 Å². The van der Waals surface area contributed by atoms with Gasteiger partial charge >= 0.3 is 6.03 Å². The number of carbonyl (C=O) groups is 2. The van der Waals surface area contributed by atoms with Gasteiger partial charge in [-0.3, -0.25) is 19.7 Å². The van der Waals surface area contributed by atoms with Crippen LogP contribution in [-0.4, -0.2) is 71.0 Å². The summed E-state index contributed by atoms with van der Waals surface area (Å²) in [4.78, 5) is 33.9. The maximum Gasteiger partial charge on any atom is 0.329 e. The van der Waals surface area contributed by atoms with Gasteiger partial charge in [0.1, 0.15) is 35.1 Å². The Morgan fingerprint density at radius 2 is 1.82 bits per heavy atom. The minimum absolute atomic E-state index is 0. The summed E-state index contributed by atoms with van der Waals surface area (Å²) in [6.07, 6.45) is 9.75. The van der Waals surface area contributed by atoms with E-state index in [0.29, 0.717) is 50.8 Å². The number of fused-ring (bicyclic) bond motifs is 2. The zero-order valence-corrected chi connectivity index (χ0v) is 35.5. The predicted molar refractivity (Wildman–Crippen MR) is 236 cm³/mol. The number of halogens is 1. The lowest BCUT2D eigenvalue weighted by atomic mass is 9.63. The van der Waals surface area contributed by atoms with Crippen LogP contribution in [0.25, 0.3) is 21.9 Å². The van der Waals surface area contributed by atoms with Gasteiger partial charge < -0.3 is 25.8 Å². The second-order valence-corrected chi connectivity index (χ2v) is 15.6. The molecule has 1 spiro atoms. The summed E-state index contributed by atoms with van der Waals surface area (Å²) in [6, 6.07) is 14.0. The van der Waals surface area contributed by atoms with Crippen LogP contribution in [0.5, 0.6) is 17.4 Å². The standard InChI is InChI=1S/C22H21N5O2.C18H21FN4O2.C3H9N.C2H6.2H2/c1-13-2-4-17(24)16(9-23)21(13)29-14-3-5-18-19(6-14)27-20(10-26-18)28-15-7-22(8-15)11-25-12-22;1-22-15-10-12(11-5-3-2-4-6-11)14(19)9-13(15)17(21-22)23-8-7-16(24)20-18(23)25;1-3-4-2;1-2;;/h2-6,10,15,25H,7-8,11-12,24H2,1H3;9-11H,2-8H2,1H3,(H,20,24,25);4H,3H2,1-2H3;1-2H3;2*1H. The summed E-state index contributed by atoms with van der Waals surface area (Å²) < 4.78 is 28.5. The summed E-state index contributed by atoms with van der Waals surface area (Å²) >= 11 is 0. The number of imide groups is 1. The van der Waals surface area contributed by atoms with E-state index in [4.69, 9.17) is 15.2 Å². The molecule has 5 N–H and O–H groups in total. The van der Waals surface area contributed by atoms with E-state index in [9.17, 15) is 19.2 Å².